The first-order valence-electron chi connectivity index (χ1n) is 9.84. The summed E-state index contributed by atoms with van der Waals surface area (Å²) >= 11 is 0. The molecule has 0 saturated carbocycles. The number of aromatic nitrogens is 1. The predicted octanol–water partition coefficient (Wildman–Crippen LogP) is 3.12. The van der Waals surface area contributed by atoms with Crippen LogP contribution >= 0.6 is 0 Å². The highest BCUT2D eigenvalue weighted by Gasteiger charge is 2.24. The number of oxazole rings is 1. The number of ether oxygens (including phenoxy) is 1. The lowest BCUT2D eigenvalue weighted by Crippen LogP contribution is -2.42. The summed E-state index contributed by atoms with van der Waals surface area (Å²) in [5.74, 6) is -0.527. The smallest absolute Gasteiger partial charge is 0.360 e. The Kier molecular flexibility index (Phi) is 6.81. The summed E-state index contributed by atoms with van der Waals surface area (Å²) in [4.78, 5) is 31.3. The SMILES string of the molecule is CCOC(=O)c1ncoc1-c1ccccc1C(=O)NCCN1CCCCC1C. The second kappa shape index (κ2) is 9.50. The monoisotopic (exact) mass is 385 g/mol. The molecule has 0 bridgehead atoms. The number of likely N-dealkylation sites (tertiary alicyclic amines) is 1. The first-order valence-corrected chi connectivity index (χ1v) is 9.84. The molecule has 1 aliphatic heterocycles. The van der Waals surface area contributed by atoms with E-state index in [1.807, 2.05) is 0 Å². The molecule has 1 aromatic carbocycles. The van der Waals surface area contributed by atoms with Crippen LogP contribution in [0, 0.1) is 0 Å². The van der Waals surface area contributed by atoms with Crippen LogP contribution in [0.4, 0.5) is 0 Å². The van der Waals surface area contributed by atoms with E-state index in [1.54, 1.807) is 31.2 Å². The highest BCUT2D eigenvalue weighted by atomic mass is 16.5. The van der Waals surface area contributed by atoms with Gasteiger partial charge in [0.1, 0.15) is 0 Å². The van der Waals surface area contributed by atoms with Crippen LogP contribution in [0.1, 0.15) is 54.0 Å². The Balaban J connectivity index is 1.71. The van der Waals surface area contributed by atoms with Gasteiger partial charge < -0.3 is 14.5 Å². The van der Waals surface area contributed by atoms with Crippen molar-refractivity contribution < 1.29 is 18.7 Å². The number of benzene rings is 1. The van der Waals surface area contributed by atoms with Crippen LogP contribution in [0.3, 0.4) is 0 Å². The number of nitrogens with one attached hydrogen (secondary N) is 1. The third kappa shape index (κ3) is 4.59. The van der Waals surface area contributed by atoms with Crippen molar-refractivity contribution in [3.63, 3.8) is 0 Å². The molecule has 1 saturated heterocycles. The van der Waals surface area contributed by atoms with Crippen LogP contribution < -0.4 is 5.32 Å². The molecule has 1 fully saturated rings. The van der Waals surface area contributed by atoms with Crippen LogP contribution in [-0.2, 0) is 4.74 Å². The lowest BCUT2D eigenvalue weighted by molar-refractivity contribution is 0.0520. The second-order valence-electron chi connectivity index (χ2n) is 6.93. The molecule has 1 atom stereocenters. The van der Waals surface area contributed by atoms with Crippen LogP contribution in [0.2, 0.25) is 0 Å². The van der Waals surface area contributed by atoms with E-state index in [0.717, 1.165) is 13.1 Å². The maximum absolute atomic E-state index is 12.8. The molecule has 0 radical (unpaired) electrons. The number of piperidine rings is 1. The van der Waals surface area contributed by atoms with Gasteiger partial charge >= 0.3 is 5.97 Å². The molecule has 2 aromatic rings. The number of hydrogen-bond donors (Lipinski definition) is 1. The van der Waals surface area contributed by atoms with Crippen molar-refractivity contribution in [1.29, 1.82) is 0 Å². The molecule has 1 unspecified atom stereocenters. The summed E-state index contributed by atoms with van der Waals surface area (Å²) in [6, 6.07) is 7.58. The third-order valence-corrected chi connectivity index (χ3v) is 5.08. The van der Waals surface area contributed by atoms with Crippen LogP contribution in [0.15, 0.2) is 35.1 Å². The lowest BCUT2D eigenvalue weighted by Gasteiger charge is -2.33. The van der Waals surface area contributed by atoms with E-state index in [2.05, 4.69) is 22.1 Å². The van der Waals surface area contributed by atoms with Crippen molar-refractivity contribution in [2.24, 2.45) is 0 Å². The lowest BCUT2D eigenvalue weighted by atomic mass is 10.0. The number of esters is 1. The molecule has 1 aromatic heterocycles. The number of rotatable bonds is 7. The maximum Gasteiger partial charge on any atom is 0.360 e. The topological polar surface area (TPSA) is 84.7 Å². The Morgan fingerprint density at radius 3 is 2.93 bits per heavy atom. The Morgan fingerprint density at radius 1 is 1.32 bits per heavy atom. The number of carbonyl (C=O) groups is 2. The van der Waals surface area contributed by atoms with Gasteiger partial charge in [0.15, 0.2) is 17.8 Å². The zero-order valence-electron chi connectivity index (χ0n) is 16.4. The van der Waals surface area contributed by atoms with Crippen molar-refractivity contribution in [3.8, 4) is 11.3 Å². The molecule has 1 aliphatic rings. The minimum absolute atomic E-state index is 0.0734. The van der Waals surface area contributed by atoms with Gasteiger partial charge in [0.25, 0.3) is 5.91 Å². The molecular weight excluding hydrogens is 358 g/mol. The fourth-order valence-electron chi connectivity index (χ4n) is 3.56. The fraction of sp³-hybridized carbons (Fsp3) is 0.476. The van der Waals surface area contributed by atoms with E-state index in [9.17, 15) is 9.59 Å². The van der Waals surface area contributed by atoms with Crippen molar-refractivity contribution in [3.05, 3.63) is 41.9 Å². The molecule has 150 valence electrons. The first-order chi connectivity index (χ1) is 13.6. The summed E-state index contributed by atoms with van der Waals surface area (Å²) in [5.41, 5.74) is 1.03. The summed E-state index contributed by atoms with van der Waals surface area (Å²) < 4.78 is 10.4. The van der Waals surface area contributed by atoms with E-state index < -0.39 is 5.97 Å². The van der Waals surface area contributed by atoms with Gasteiger partial charge in [-0.25, -0.2) is 9.78 Å². The van der Waals surface area contributed by atoms with Crippen LogP contribution in [0.25, 0.3) is 11.3 Å². The average Bonchev–Trinajstić information content (AvgIpc) is 3.19. The van der Waals surface area contributed by atoms with Gasteiger partial charge in [-0.15, -0.1) is 0 Å². The molecule has 1 N–H and O–H groups in total. The Hall–Kier alpha value is -2.67. The molecule has 7 heteroatoms. The summed E-state index contributed by atoms with van der Waals surface area (Å²) in [6.07, 6.45) is 4.88. The predicted molar refractivity (Wildman–Crippen MR) is 105 cm³/mol. The first kappa shape index (κ1) is 20.1. The zero-order valence-corrected chi connectivity index (χ0v) is 16.4. The maximum atomic E-state index is 12.8. The minimum atomic E-state index is -0.569. The Bertz CT molecular complexity index is 817. The molecule has 3 rings (SSSR count). The highest BCUT2D eigenvalue weighted by Crippen LogP contribution is 2.27. The van der Waals surface area contributed by atoms with Crippen molar-refractivity contribution >= 4 is 11.9 Å². The molecule has 2 heterocycles. The fourth-order valence-corrected chi connectivity index (χ4v) is 3.56. The summed E-state index contributed by atoms with van der Waals surface area (Å²) in [5, 5.41) is 2.98. The quantitative estimate of drug-likeness (QED) is 0.737. The van der Waals surface area contributed by atoms with Crippen molar-refractivity contribution in [1.82, 2.24) is 15.2 Å². The standard InChI is InChI=1S/C21H27N3O4/c1-3-27-21(26)18-19(28-14-23-18)16-9-4-5-10-17(16)20(25)22-11-13-24-12-7-6-8-15(24)2/h4-5,9-10,14-15H,3,6-8,11-13H2,1-2H3,(H,22,25). The number of amides is 1. The van der Waals surface area contributed by atoms with Gasteiger partial charge in [0, 0.05) is 24.7 Å². The largest absolute Gasteiger partial charge is 0.461 e. The van der Waals surface area contributed by atoms with Gasteiger partial charge in [-0.05, 0) is 39.3 Å². The third-order valence-electron chi connectivity index (χ3n) is 5.08. The van der Waals surface area contributed by atoms with E-state index >= 15 is 0 Å². The van der Waals surface area contributed by atoms with Crippen molar-refractivity contribution in [2.45, 2.75) is 39.2 Å². The van der Waals surface area contributed by atoms with Gasteiger partial charge in [-0.1, -0.05) is 24.6 Å². The molecule has 1 amide bonds. The molecule has 0 aliphatic carbocycles. The van der Waals surface area contributed by atoms with Crippen LogP contribution in [-0.4, -0.2) is 54.0 Å². The van der Waals surface area contributed by atoms with Gasteiger partial charge in [0.05, 0.1) is 12.2 Å². The number of carbonyl (C=O) groups excluding carboxylic acids is 2. The molecule has 0 spiro atoms. The van der Waals surface area contributed by atoms with E-state index in [0.29, 0.717) is 23.7 Å². The van der Waals surface area contributed by atoms with E-state index in [-0.39, 0.29) is 24.0 Å². The highest BCUT2D eigenvalue weighted by molar-refractivity contribution is 6.03. The van der Waals surface area contributed by atoms with Gasteiger partial charge in [-0.3, -0.25) is 9.69 Å². The van der Waals surface area contributed by atoms with Crippen molar-refractivity contribution in [2.75, 3.05) is 26.2 Å². The minimum Gasteiger partial charge on any atom is -0.461 e. The Labute approximate surface area is 165 Å². The van der Waals surface area contributed by atoms with Crippen LogP contribution in [0.5, 0.6) is 0 Å². The average molecular weight is 385 g/mol. The number of hydrogen-bond acceptors (Lipinski definition) is 6. The van der Waals surface area contributed by atoms with E-state index in [1.165, 1.54) is 25.7 Å². The zero-order chi connectivity index (χ0) is 19.9. The van der Waals surface area contributed by atoms with Gasteiger partial charge in [0.2, 0.25) is 0 Å². The molecular formula is C21H27N3O4. The molecule has 28 heavy (non-hydrogen) atoms. The number of nitrogens with zero attached hydrogens (tertiary/aromatic N) is 2. The summed E-state index contributed by atoms with van der Waals surface area (Å²) in [7, 11) is 0. The molecule has 7 nitrogen and oxygen atoms in total. The Morgan fingerprint density at radius 2 is 2.14 bits per heavy atom. The normalized spacial score (nSPS) is 17.3. The second-order valence-corrected chi connectivity index (χ2v) is 6.93. The van der Waals surface area contributed by atoms with E-state index in [4.69, 9.17) is 9.15 Å². The van der Waals surface area contributed by atoms with Gasteiger partial charge in [-0.2, -0.15) is 0 Å². The summed E-state index contributed by atoms with van der Waals surface area (Å²) in [6.45, 7) is 6.67.